The van der Waals surface area contributed by atoms with Crippen molar-refractivity contribution in [2.45, 2.75) is 32.4 Å². The minimum absolute atomic E-state index is 0.121. The first kappa shape index (κ1) is 11.6. The molecule has 0 radical (unpaired) electrons. The second-order valence-electron chi connectivity index (χ2n) is 4.37. The Bertz CT molecular complexity index is 374. The van der Waals surface area contributed by atoms with Crippen LogP contribution in [0.2, 0.25) is 5.02 Å². The summed E-state index contributed by atoms with van der Waals surface area (Å²) < 4.78 is 0. The Morgan fingerprint density at radius 2 is 2.12 bits per heavy atom. The zero-order valence-electron chi connectivity index (χ0n) is 9.45. The molecular weight excluding hydrogens is 222 g/mol. The van der Waals surface area contributed by atoms with Crippen molar-refractivity contribution in [2.75, 3.05) is 6.54 Å². The molecule has 2 nitrogen and oxygen atoms in total. The maximum atomic E-state index is 11.4. The van der Waals surface area contributed by atoms with Crippen LogP contribution in [0.25, 0.3) is 0 Å². The summed E-state index contributed by atoms with van der Waals surface area (Å²) in [5.74, 6) is 0.284. The minimum Gasteiger partial charge on any atom is -0.298 e. The number of rotatable bonds is 3. The zero-order chi connectivity index (χ0) is 11.5. The summed E-state index contributed by atoms with van der Waals surface area (Å²) in [5.41, 5.74) is 1.22. The maximum Gasteiger partial charge on any atom is 0.146 e. The van der Waals surface area contributed by atoms with Crippen molar-refractivity contribution in [1.29, 1.82) is 0 Å². The first-order chi connectivity index (χ1) is 7.66. The van der Waals surface area contributed by atoms with Gasteiger partial charge in [-0.05, 0) is 44.0 Å². The number of ketones is 1. The number of carbonyl (C=O) groups excluding carboxylic acids is 1. The van der Waals surface area contributed by atoms with Crippen LogP contribution in [-0.4, -0.2) is 23.3 Å². The molecule has 16 heavy (non-hydrogen) atoms. The Morgan fingerprint density at radius 3 is 2.75 bits per heavy atom. The van der Waals surface area contributed by atoms with Crippen LogP contribution in [0.3, 0.4) is 0 Å². The monoisotopic (exact) mass is 237 g/mol. The number of carbonyl (C=O) groups is 1. The largest absolute Gasteiger partial charge is 0.298 e. The molecule has 0 saturated carbocycles. The lowest BCUT2D eigenvalue weighted by Gasteiger charge is -2.22. The van der Waals surface area contributed by atoms with Crippen LogP contribution < -0.4 is 0 Å². The van der Waals surface area contributed by atoms with Gasteiger partial charge < -0.3 is 0 Å². The van der Waals surface area contributed by atoms with E-state index in [9.17, 15) is 4.79 Å². The fraction of sp³-hybridized carbons (Fsp3) is 0.462. The molecule has 2 rings (SSSR count). The van der Waals surface area contributed by atoms with Crippen LogP contribution in [-0.2, 0) is 11.3 Å². The van der Waals surface area contributed by atoms with Crippen molar-refractivity contribution >= 4 is 17.4 Å². The van der Waals surface area contributed by atoms with Crippen molar-refractivity contribution in [1.82, 2.24) is 4.90 Å². The molecule has 0 amide bonds. The first-order valence-electron chi connectivity index (χ1n) is 5.66. The zero-order valence-corrected chi connectivity index (χ0v) is 10.2. The molecule has 0 aliphatic carbocycles. The molecule has 1 saturated heterocycles. The van der Waals surface area contributed by atoms with Crippen molar-refractivity contribution in [3.8, 4) is 0 Å². The highest BCUT2D eigenvalue weighted by Gasteiger charge is 2.27. The number of likely N-dealkylation sites (tertiary alicyclic amines) is 1. The molecule has 0 aromatic heterocycles. The van der Waals surface area contributed by atoms with E-state index in [1.54, 1.807) is 6.92 Å². The van der Waals surface area contributed by atoms with E-state index < -0.39 is 0 Å². The fourth-order valence-electron chi connectivity index (χ4n) is 2.30. The number of hydrogen-bond donors (Lipinski definition) is 0. The quantitative estimate of drug-likeness (QED) is 0.806. The lowest BCUT2D eigenvalue weighted by atomic mass is 10.1. The molecule has 3 heteroatoms. The highest BCUT2D eigenvalue weighted by molar-refractivity contribution is 6.30. The smallest absolute Gasteiger partial charge is 0.146 e. The summed E-state index contributed by atoms with van der Waals surface area (Å²) in [4.78, 5) is 13.7. The molecule has 1 fully saturated rings. The highest BCUT2D eigenvalue weighted by Crippen LogP contribution is 2.21. The lowest BCUT2D eigenvalue weighted by molar-refractivity contribution is -0.121. The van der Waals surface area contributed by atoms with Crippen molar-refractivity contribution < 1.29 is 4.79 Å². The van der Waals surface area contributed by atoms with Crippen LogP contribution in [0.5, 0.6) is 0 Å². The molecule has 1 unspecified atom stereocenters. The number of nitrogens with zero attached hydrogens (tertiary/aromatic N) is 1. The van der Waals surface area contributed by atoms with Crippen LogP contribution >= 0.6 is 11.6 Å². The van der Waals surface area contributed by atoms with Gasteiger partial charge in [-0.25, -0.2) is 0 Å². The maximum absolute atomic E-state index is 11.4. The molecule has 0 N–H and O–H groups in total. The molecular formula is C13H16ClNO. The van der Waals surface area contributed by atoms with Gasteiger partial charge in [-0.15, -0.1) is 0 Å². The van der Waals surface area contributed by atoms with Crippen LogP contribution in [0, 0.1) is 0 Å². The average Bonchev–Trinajstić information content (AvgIpc) is 2.69. The Balaban J connectivity index is 2.03. The summed E-state index contributed by atoms with van der Waals surface area (Å²) in [5, 5.41) is 0.758. The fourth-order valence-corrected chi connectivity index (χ4v) is 2.43. The van der Waals surface area contributed by atoms with E-state index in [0.717, 1.165) is 31.0 Å². The third-order valence-corrected chi connectivity index (χ3v) is 3.38. The molecule has 1 aliphatic rings. The van der Waals surface area contributed by atoms with Gasteiger partial charge >= 0.3 is 0 Å². The van der Waals surface area contributed by atoms with Gasteiger partial charge in [-0.2, -0.15) is 0 Å². The van der Waals surface area contributed by atoms with Gasteiger partial charge in [0.25, 0.3) is 0 Å². The average molecular weight is 238 g/mol. The summed E-state index contributed by atoms with van der Waals surface area (Å²) in [6.07, 6.45) is 2.13. The van der Waals surface area contributed by atoms with E-state index in [-0.39, 0.29) is 11.8 Å². The number of benzene rings is 1. The topological polar surface area (TPSA) is 20.3 Å². The van der Waals surface area contributed by atoms with Gasteiger partial charge in [0.15, 0.2) is 0 Å². The predicted molar refractivity (Wildman–Crippen MR) is 65.6 cm³/mol. The van der Waals surface area contributed by atoms with Crippen molar-refractivity contribution in [3.05, 3.63) is 34.9 Å². The second-order valence-corrected chi connectivity index (χ2v) is 4.80. The van der Waals surface area contributed by atoms with E-state index in [1.807, 2.05) is 24.3 Å². The molecule has 86 valence electrons. The Kier molecular flexibility index (Phi) is 3.62. The van der Waals surface area contributed by atoms with Crippen LogP contribution in [0.15, 0.2) is 24.3 Å². The predicted octanol–water partition coefficient (Wildman–Crippen LogP) is 2.89. The number of hydrogen-bond acceptors (Lipinski definition) is 2. The van der Waals surface area contributed by atoms with Gasteiger partial charge in [0.05, 0.1) is 6.04 Å². The Labute approximate surface area is 101 Å². The van der Waals surface area contributed by atoms with E-state index in [4.69, 9.17) is 11.6 Å². The van der Waals surface area contributed by atoms with Gasteiger partial charge in [0.1, 0.15) is 5.78 Å². The summed E-state index contributed by atoms with van der Waals surface area (Å²) in [6.45, 7) is 3.55. The first-order valence-corrected chi connectivity index (χ1v) is 6.03. The molecule has 1 atom stereocenters. The van der Waals surface area contributed by atoms with Crippen LogP contribution in [0.4, 0.5) is 0 Å². The van der Waals surface area contributed by atoms with Crippen molar-refractivity contribution in [2.24, 2.45) is 0 Å². The molecule has 1 heterocycles. The third-order valence-electron chi connectivity index (χ3n) is 3.13. The minimum atomic E-state index is 0.121. The van der Waals surface area contributed by atoms with Gasteiger partial charge in [0, 0.05) is 11.6 Å². The lowest BCUT2D eigenvalue weighted by Crippen LogP contribution is -2.34. The summed E-state index contributed by atoms with van der Waals surface area (Å²) >= 11 is 5.84. The molecule has 0 spiro atoms. The Hall–Kier alpha value is -0.860. The summed E-state index contributed by atoms with van der Waals surface area (Å²) in [6, 6.07) is 7.97. The summed E-state index contributed by atoms with van der Waals surface area (Å²) in [7, 11) is 0. The molecule has 1 aliphatic heterocycles. The number of Topliss-reactive ketones (excluding diaryl/α,β-unsaturated/α-hetero) is 1. The highest BCUT2D eigenvalue weighted by atomic mass is 35.5. The Morgan fingerprint density at radius 1 is 1.44 bits per heavy atom. The third kappa shape index (κ3) is 2.63. The van der Waals surface area contributed by atoms with E-state index in [1.165, 1.54) is 5.56 Å². The van der Waals surface area contributed by atoms with E-state index in [2.05, 4.69) is 4.90 Å². The van der Waals surface area contributed by atoms with Crippen LogP contribution in [0.1, 0.15) is 25.3 Å². The van der Waals surface area contributed by atoms with E-state index in [0.29, 0.717) is 0 Å². The SMILES string of the molecule is CC(=O)C1CCCN1Cc1ccc(Cl)cc1. The van der Waals surface area contributed by atoms with Crippen molar-refractivity contribution in [3.63, 3.8) is 0 Å². The number of halogens is 1. The molecule has 0 bridgehead atoms. The molecule has 1 aromatic rings. The van der Waals surface area contributed by atoms with Gasteiger partial charge in [0.2, 0.25) is 0 Å². The normalized spacial score (nSPS) is 21.2. The standard InChI is InChI=1S/C13H16ClNO/c1-10(16)13-3-2-8-15(13)9-11-4-6-12(14)7-5-11/h4-7,13H,2-3,8-9H2,1H3. The molecule has 1 aromatic carbocycles. The second kappa shape index (κ2) is 4.98. The van der Waals surface area contributed by atoms with E-state index >= 15 is 0 Å². The van der Waals surface area contributed by atoms with Gasteiger partial charge in [-0.1, -0.05) is 23.7 Å². The van der Waals surface area contributed by atoms with Gasteiger partial charge in [-0.3, -0.25) is 9.69 Å².